The van der Waals surface area contributed by atoms with Crippen molar-refractivity contribution in [3.8, 4) is 0 Å². The molecule has 0 radical (unpaired) electrons. The summed E-state index contributed by atoms with van der Waals surface area (Å²) in [5.41, 5.74) is 1.06. The quantitative estimate of drug-likeness (QED) is 0.725. The minimum Gasteiger partial charge on any atom is -0.206 e. The fraction of sp³-hybridized carbons (Fsp3) is 0.111. The van der Waals surface area contributed by atoms with Gasteiger partial charge in [-0.2, -0.15) is 0 Å². The summed E-state index contributed by atoms with van der Waals surface area (Å²) in [7, 11) is 1.67. The molecule has 0 amide bonds. The summed E-state index contributed by atoms with van der Waals surface area (Å²) in [5, 5.41) is 0.955. The van der Waals surface area contributed by atoms with E-state index in [1.807, 2.05) is 25.1 Å². The molecule has 0 fully saturated rings. The van der Waals surface area contributed by atoms with Crippen molar-refractivity contribution in [3.05, 3.63) is 29.8 Å². The third-order valence-corrected chi connectivity index (χ3v) is 5.17. The monoisotopic (exact) mass is 246 g/mol. The van der Waals surface area contributed by atoms with Crippen LogP contribution in [-0.4, -0.2) is 8.42 Å². The lowest BCUT2D eigenvalue weighted by Crippen LogP contribution is -1.83. The van der Waals surface area contributed by atoms with Gasteiger partial charge in [0.05, 0.1) is 0 Å². The van der Waals surface area contributed by atoms with Crippen molar-refractivity contribution in [1.29, 1.82) is 0 Å². The molecule has 2 nitrogen and oxygen atoms in total. The van der Waals surface area contributed by atoms with Crippen molar-refractivity contribution < 1.29 is 8.42 Å². The summed E-state index contributed by atoms with van der Waals surface area (Å²) in [6.07, 6.45) is 0. The van der Waals surface area contributed by atoms with Gasteiger partial charge < -0.3 is 0 Å². The second-order valence-corrected chi connectivity index (χ2v) is 6.87. The number of rotatable bonds is 1. The van der Waals surface area contributed by atoms with E-state index in [1.54, 1.807) is 6.07 Å². The Hall–Kier alpha value is -0.580. The first-order valence-electron chi connectivity index (χ1n) is 3.92. The molecule has 0 aliphatic heterocycles. The normalized spacial score (nSPS) is 12.1. The van der Waals surface area contributed by atoms with Crippen molar-refractivity contribution in [2.75, 3.05) is 0 Å². The second-order valence-electron chi connectivity index (χ2n) is 2.99. The van der Waals surface area contributed by atoms with E-state index < -0.39 is 9.05 Å². The van der Waals surface area contributed by atoms with Gasteiger partial charge in [-0.25, -0.2) is 8.42 Å². The highest BCUT2D eigenvalue weighted by molar-refractivity contribution is 8.15. The first-order chi connectivity index (χ1) is 6.48. The van der Waals surface area contributed by atoms with Gasteiger partial charge in [0, 0.05) is 15.4 Å². The number of halogens is 1. The minimum atomic E-state index is -3.59. The third-order valence-electron chi connectivity index (χ3n) is 2.00. The Morgan fingerprint density at radius 2 is 2.07 bits per heavy atom. The zero-order valence-corrected chi connectivity index (χ0v) is 9.71. The Balaban J connectivity index is 2.81. The highest BCUT2D eigenvalue weighted by atomic mass is 35.7. The lowest BCUT2D eigenvalue weighted by molar-refractivity contribution is 0.611. The Morgan fingerprint density at radius 3 is 2.64 bits per heavy atom. The number of aryl methyl sites for hydroxylation is 1. The van der Waals surface area contributed by atoms with Crippen LogP contribution in [0.5, 0.6) is 0 Å². The molecule has 0 saturated carbocycles. The molecule has 2 aromatic rings. The van der Waals surface area contributed by atoms with Gasteiger partial charge in [-0.05, 0) is 30.0 Å². The highest BCUT2D eigenvalue weighted by Gasteiger charge is 2.14. The molecule has 0 spiro atoms. The maximum absolute atomic E-state index is 11.1. The molecular formula is C9H7ClO2S2. The van der Waals surface area contributed by atoms with Crippen LogP contribution in [0.2, 0.25) is 0 Å². The largest absolute Gasteiger partial charge is 0.270 e. The molecule has 0 N–H and O–H groups in total. The van der Waals surface area contributed by atoms with Gasteiger partial charge in [0.1, 0.15) is 4.21 Å². The lowest BCUT2D eigenvalue weighted by Gasteiger charge is -1.91. The Morgan fingerprint density at radius 1 is 1.36 bits per heavy atom. The Bertz CT molecular complexity index is 584. The highest BCUT2D eigenvalue weighted by Crippen LogP contribution is 2.32. The maximum Gasteiger partial charge on any atom is 0.270 e. The Kier molecular flexibility index (Phi) is 2.29. The standard InChI is InChI=1S/C9H7ClO2S2/c1-6-3-2-4-8-7(6)5-9(13-8)14(10,11)12/h2-5H,1H3. The van der Waals surface area contributed by atoms with Gasteiger partial charge >= 0.3 is 0 Å². The van der Waals surface area contributed by atoms with Crippen molar-refractivity contribution in [1.82, 2.24) is 0 Å². The smallest absolute Gasteiger partial charge is 0.206 e. The summed E-state index contributed by atoms with van der Waals surface area (Å²) in [6, 6.07) is 7.36. The van der Waals surface area contributed by atoms with Gasteiger partial charge in [0.2, 0.25) is 0 Å². The average Bonchev–Trinajstić information content (AvgIpc) is 2.48. The van der Waals surface area contributed by atoms with Crippen LogP contribution in [0.3, 0.4) is 0 Å². The lowest BCUT2D eigenvalue weighted by atomic mass is 10.2. The van der Waals surface area contributed by atoms with E-state index >= 15 is 0 Å². The van der Waals surface area contributed by atoms with Crippen molar-refractivity contribution in [3.63, 3.8) is 0 Å². The fourth-order valence-electron chi connectivity index (χ4n) is 1.30. The van der Waals surface area contributed by atoms with E-state index in [-0.39, 0.29) is 4.21 Å². The van der Waals surface area contributed by atoms with Crippen LogP contribution >= 0.6 is 22.0 Å². The van der Waals surface area contributed by atoms with E-state index in [4.69, 9.17) is 10.7 Å². The van der Waals surface area contributed by atoms with Crippen LogP contribution in [0.25, 0.3) is 10.1 Å². The van der Waals surface area contributed by atoms with Gasteiger partial charge in [-0.1, -0.05) is 12.1 Å². The summed E-state index contributed by atoms with van der Waals surface area (Å²) in [4.78, 5) is 0. The number of fused-ring (bicyclic) bond motifs is 1. The fourth-order valence-corrected chi connectivity index (χ4v) is 3.52. The Labute approximate surface area is 90.6 Å². The molecule has 0 saturated heterocycles. The SMILES string of the molecule is Cc1cccc2sc(S(=O)(=O)Cl)cc12. The molecule has 5 heteroatoms. The predicted molar refractivity (Wildman–Crippen MR) is 59.6 cm³/mol. The molecule has 1 aromatic heterocycles. The third kappa shape index (κ3) is 1.65. The predicted octanol–water partition coefficient (Wildman–Crippen LogP) is 3.14. The van der Waals surface area contributed by atoms with Crippen LogP contribution in [-0.2, 0) is 9.05 Å². The summed E-state index contributed by atoms with van der Waals surface area (Å²) >= 11 is 1.20. The summed E-state index contributed by atoms with van der Waals surface area (Å²) in [6.45, 7) is 1.94. The molecule has 0 aliphatic carbocycles. The van der Waals surface area contributed by atoms with Crippen molar-refractivity contribution in [2.45, 2.75) is 11.1 Å². The first-order valence-corrected chi connectivity index (χ1v) is 7.05. The molecule has 2 rings (SSSR count). The van der Waals surface area contributed by atoms with Crippen molar-refractivity contribution in [2.24, 2.45) is 0 Å². The molecular weight excluding hydrogens is 240 g/mol. The number of benzene rings is 1. The van der Waals surface area contributed by atoms with Crippen LogP contribution < -0.4 is 0 Å². The van der Waals surface area contributed by atoms with E-state index in [9.17, 15) is 8.42 Å². The molecule has 0 unspecified atom stereocenters. The van der Waals surface area contributed by atoms with Crippen LogP contribution in [0.1, 0.15) is 5.56 Å². The minimum absolute atomic E-state index is 0.212. The van der Waals surface area contributed by atoms with Crippen LogP contribution in [0.4, 0.5) is 0 Å². The van der Waals surface area contributed by atoms with Crippen LogP contribution in [0, 0.1) is 6.92 Å². The molecule has 0 bridgehead atoms. The summed E-state index contributed by atoms with van der Waals surface area (Å²) < 4.78 is 23.3. The molecule has 1 aromatic carbocycles. The molecule has 1 heterocycles. The first kappa shape index (κ1) is 9.96. The molecule has 0 atom stereocenters. The van der Waals surface area contributed by atoms with E-state index in [0.717, 1.165) is 15.6 Å². The number of hydrogen-bond acceptors (Lipinski definition) is 3. The second kappa shape index (κ2) is 3.22. The van der Waals surface area contributed by atoms with Gasteiger partial charge in [-0.3, -0.25) is 0 Å². The number of hydrogen-bond donors (Lipinski definition) is 0. The van der Waals surface area contributed by atoms with Gasteiger partial charge in [0.15, 0.2) is 0 Å². The average molecular weight is 247 g/mol. The zero-order chi connectivity index (χ0) is 10.3. The van der Waals surface area contributed by atoms with E-state index in [0.29, 0.717) is 0 Å². The zero-order valence-electron chi connectivity index (χ0n) is 7.32. The summed E-state index contributed by atoms with van der Waals surface area (Å²) in [5.74, 6) is 0. The number of thiophene rings is 1. The van der Waals surface area contributed by atoms with Crippen LogP contribution in [0.15, 0.2) is 28.5 Å². The molecule has 74 valence electrons. The topological polar surface area (TPSA) is 34.1 Å². The van der Waals surface area contributed by atoms with E-state index in [1.165, 1.54) is 11.3 Å². The van der Waals surface area contributed by atoms with Gasteiger partial charge in [-0.15, -0.1) is 11.3 Å². The van der Waals surface area contributed by atoms with E-state index in [2.05, 4.69) is 0 Å². The molecule has 14 heavy (non-hydrogen) atoms. The van der Waals surface area contributed by atoms with Crippen molar-refractivity contribution >= 4 is 41.2 Å². The van der Waals surface area contributed by atoms with Gasteiger partial charge in [0.25, 0.3) is 9.05 Å². The molecule has 0 aliphatic rings. The maximum atomic E-state index is 11.1.